The highest BCUT2D eigenvalue weighted by Crippen LogP contribution is 2.40. The van der Waals surface area contributed by atoms with Crippen molar-refractivity contribution >= 4 is 23.6 Å². The van der Waals surface area contributed by atoms with Gasteiger partial charge < -0.3 is 19.5 Å². The molecule has 1 N–H and O–H groups in total. The number of ether oxygens (including phenoxy) is 2. The zero-order valence-electron chi connectivity index (χ0n) is 23.1. The fourth-order valence-corrected chi connectivity index (χ4v) is 5.40. The third kappa shape index (κ3) is 7.67. The van der Waals surface area contributed by atoms with E-state index in [4.69, 9.17) is 9.47 Å². The summed E-state index contributed by atoms with van der Waals surface area (Å²) in [5, 5.41) is 11.2. The number of Topliss-reactive ketones (excluding diaryl/α,β-unsaturated/α-hetero) is 1. The van der Waals surface area contributed by atoms with E-state index in [-0.39, 0.29) is 50.7 Å². The van der Waals surface area contributed by atoms with Gasteiger partial charge >= 0.3 is 11.9 Å². The molecule has 3 aromatic carbocycles. The van der Waals surface area contributed by atoms with Crippen LogP contribution >= 0.6 is 0 Å². The van der Waals surface area contributed by atoms with Gasteiger partial charge in [-0.15, -0.1) is 0 Å². The number of amides is 1. The summed E-state index contributed by atoms with van der Waals surface area (Å²) in [6, 6.07) is 26.5. The summed E-state index contributed by atoms with van der Waals surface area (Å²) in [5.41, 5.74) is 2.13. The van der Waals surface area contributed by atoms with Crippen molar-refractivity contribution in [1.29, 1.82) is 0 Å². The van der Waals surface area contributed by atoms with Gasteiger partial charge in [-0.25, -0.2) is 4.79 Å². The molecule has 0 spiro atoms. The van der Waals surface area contributed by atoms with Crippen molar-refractivity contribution in [2.75, 3.05) is 6.61 Å². The Kier molecular flexibility index (Phi) is 10.4. The third-order valence-electron chi connectivity index (χ3n) is 7.39. The van der Waals surface area contributed by atoms with Crippen molar-refractivity contribution in [3.05, 3.63) is 108 Å². The molecule has 1 amide bonds. The van der Waals surface area contributed by atoms with E-state index in [1.165, 1.54) is 0 Å². The van der Waals surface area contributed by atoms with Crippen LogP contribution < -0.4 is 0 Å². The van der Waals surface area contributed by atoms with Crippen LogP contribution in [-0.2, 0) is 37.0 Å². The van der Waals surface area contributed by atoms with Crippen LogP contribution in [0.25, 0.3) is 0 Å². The Morgan fingerprint density at radius 1 is 0.854 bits per heavy atom. The first-order chi connectivity index (χ1) is 19.9. The van der Waals surface area contributed by atoms with Gasteiger partial charge in [-0.05, 0) is 24.5 Å². The Balaban J connectivity index is 1.60. The summed E-state index contributed by atoms with van der Waals surface area (Å²) in [5.74, 6) is -3.88. The van der Waals surface area contributed by atoms with E-state index in [2.05, 4.69) is 0 Å². The molecule has 4 rings (SSSR count). The maximum absolute atomic E-state index is 13.9. The number of hydrogen-bond donors (Lipinski definition) is 1. The summed E-state index contributed by atoms with van der Waals surface area (Å²) < 4.78 is 10.6. The molecule has 0 bridgehead atoms. The van der Waals surface area contributed by atoms with Crippen LogP contribution in [0.1, 0.15) is 47.7 Å². The van der Waals surface area contributed by atoms with Crippen LogP contribution in [0.5, 0.6) is 0 Å². The minimum Gasteiger partial charge on any atom is -0.464 e. The number of likely N-dealkylation sites (tertiary alicyclic amines) is 1. The summed E-state index contributed by atoms with van der Waals surface area (Å²) in [6.45, 7) is 1.99. The first-order valence-corrected chi connectivity index (χ1v) is 13.9. The van der Waals surface area contributed by atoms with Crippen LogP contribution in [-0.4, -0.2) is 52.4 Å². The average Bonchev–Trinajstić information content (AvgIpc) is 3.25. The van der Waals surface area contributed by atoms with E-state index in [1.54, 1.807) is 42.2 Å². The molecule has 8 nitrogen and oxygen atoms in total. The second-order valence-electron chi connectivity index (χ2n) is 10.1. The van der Waals surface area contributed by atoms with Gasteiger partial charge in [0.2, 0.25) is 5.91 Å². The van der Waals surface area contributed by atoms with Gasteiger partial charge in [0, 0.05) is 36.9 Å². The van der Waals surface area contributed by atoms with Gasteiger partial charge in [0.25, 0.3) is 0 Å². The Hall–Kier alpha value is -4.30. The molecule has 0 radical (unpaired) electrons. The smallest absolute Gasteiger partial charge is 0.335 e. The largest absolute Gasteiger partial charge is 0.464 e. The maximum Gasteiger partial charge on any atom is 0.335 e. The van der Waals surface area contributed by atoms with Crippen LogP contribution in [0.3, 0.4) is 0 Å². The lowest BCUT2D eigenvalue weighted by molar-refractivity contribution is -0.157. The monoisotopic (exact) mass is 557 g/mol. The lowest BCUT2D eigenvalue weighted by atomic mass is 9.80. The molecule has 1 heterocycles. The highest BCUT2D eigenvalue weighted by molar-refractivity contribution is 5.99. The fraction of sp³-hybridized carbons (Fsp3) is 0.333. The first kappa shape index (κ1) is 29.7. The van der Waals surface area contributed by atoms with E-state index in [0.29, 0.717) is 5.56 Å². The molecule has 41 heavy (non-hydrogen) atoms. The molecule has 214 valence electrons. The maximum atomic E-state index is 13.9. The van der Waals surface area contributed by atoms with E-state index in [1.807, 2.05) is 60.7 Å². The zero-order valence-corrected chi connectivity index (χ0v) is 23.1. The lowest BCUT2D eigenvalue weighted by Gasteiger charge is -2.30. The third-order valence-corrected chi connectivity index (χ3v) is 7.39. The second-order valence-corrected chi connectivity index (χ2v) is 10.1. The second kappa shape index (κ2) is 14.4. The Bertz CT molecular complexity index is 1310. The fourth-order valence-electron chi connectivity index (χ4n) is 5.40. The van der Waals surface area contributed by atoms with Crippen molar-refractivity contribution in [3.63, 3.8) is 0 Å². The highest BCUT2D eigenvalue weighted by atomic mass is 16.5. The molecule has 1 aliphatic rings. The number of carbonyl (C=O) groups excluding carboxylic acids is 4. The normalized spacial score (nSPS) is 19.0. The summed E-state index contributed by atoms with van der Waals surface area (Å²) >= 11 is 0. The number of hydrogen-bond acceptors (Lipinski definition) is 7. The van der Waals surface area contributed by atoms with E-state index in [0.717, 1.165) is 11.1 Å². The van der Waals surface area contributed by atoms with Crippen molar-refractivity contribution in [2.45, 2.75) is 51.5 Å². The van der Waals surface area contributed by atoms with Crippen LogP contribution in [0.4, 0.5) is 0 Å². The van der Waals surface area contributed by atoms with Gasteiger partial charge in [0.15, 0.2) is 11.9 Å². The van der Waals surface area contributed by atoms with Gasteiger partial charge in [0.1, 0.15) is 6.61 Å². The number of aliphatic hydroxyl groups is 1. The van der Waals surface area contributed by atoms with Gasteiger partial charge in [-0.3, -0.25) is 14.4 Å². The first-order valence-electron chi connectivity index (χ1n) is 13.9. The van der Waals surface area contributed by atoms with Crippen LogP contribution in [0, 0.1) is 11.8 Å². The SMILES string of the molecule is CCOC(=O)[C@@H](O)[C@@H]1[C@H](CC(=O)c2ccccc2)C(=O)N(Cc2ccccc2)[C@H]1CCC(=O)OCc1ccccc1. The summed E-state index contributed by atoms with van der Waals surface area (Å²) in [4.78, 5) is 54.2. The van der Waals surface area contributed by atoms with Gasteiger partial charge in [0.05, 0.1) is 12.5 Å². The molecule has 0 aliphatic carbocycles. The molecule has 1 saturated heterocycles. The summed E-state index contributed by atoms with van der Waals surface area (Å²) in [6.07, 6.45) is -1.74. The van der Waals surface area contributed by atoms with Crippen LogP contribution in [0.15, 0.2) is 91.0 Å². The molecule has 0 saturated carbocycles. The molecular formula is C33H35NO7. The molecule has 3 aromatic rings. The van der Waals surface area contributed by atoms with Crippen molar-refractivity contribution in [1.82, 2.24) is 4.90 Å². The van der Waals surface area contributed by atoms with Crippen molar-refractivity contribution < 1.29 is 33.8 Å². The Morgan fingerprint density at radius 3 is 2.05 bits per heavy atom. The number of aliphatic hydroxyl groups excluding tert-OH is 1. The van der Waals surface area contributed by atoms with E-state index in [9.17, 15) is 24.3 Å². The molecule has 8 heteroatoms. The zero-order chi connectivity index (χ0) is 29.2. The number of esters is 2. The lowest BCUT2D eigenvalue weighted by Crippen LogP contribution is -2.42. The van der Waals surface area contributed by atoms with Gasteiger partial charge in [-0.2, -0.15) is 0 Å². The predicted molar refractivity (Wildman–Crippen MR) is 151 cm³/mol. The predicted octanol–water partition coefficient (Wildman–Crippen LogP) is 4.35. The Morgan fingerprint density at radius 2 is 1.44 bits per heavy atom. The minimum absolute atomic E-state index is 0.0402. The van der Waals surface area contributed by atoms with Gasteiger partial charge in [-0.1, -0.05) is 91.0 Å². The standard InChI is InChI=1S/C33H35NO7/c1-2-40-33(39)31(37)30-26(20-28(35)25-16-10-5-11-17-25)32(38)34(21-23-12-6-3-7-13-23)27(30)18-19-29(36)41-22-24-14-8-4-9-15-24/h3-17,26-27,30-31,37H,2,18-22H2,1H3/t26-,27-,30+,31-/m0/s1. The summed E-state index contributed by atoms with van der Waals surface area (Å²) in [7, 11) is 0. The van der Waals surface area contributed by atoms with Crippen molar-refractivity contribution in [3.8, 4) is 0 Å². The quantitative estimate of drug-likeness (QED) is 0.246. The number of carbonyl (C=O) groups is 4. The number of ketones is 1. The molecule has 0 aromatic heterocycles. The van der Waals surface area contributed by atoms with Crippen LogP contribution in [0.2, 0.25) is 0 Å². The molecule has 4 atom stereocenters. The van der Waals surface area contributed by atoms with E-state index >= 15 is 0 Å². The number of nitrogens with zero attached hydrogens (tertiary/aromatic N) is 1. The topological polar surface area (TPSA) is 110 Å². The molecule has 1 aliphatic heterocycles. The average molecular weight is 558 g/mol. The van der Waals surface area contributed by atoms with E-state index < -0.39 is 35.9 Å². The van der Waals surface area contributed by atoms with Crippen molar-refractivity contribution in [2.24, 2.45) is 11.8 Å². The highest BCUT2D eigenvalue weighted by Gasteiger charge is 2.53. The number of benzene rings is 3. The molecule has 1 fully saturated rings. The minimum atomic E-state index is -1.65. The number of rotatable bonds is 13. The Labute approximate surface area is 239 Å². The molecule has 0 unspecified atom stereocenters. The molecular weight excluding hydrogens is 522 g/mol.